The van der Waals surface area contributed by atoms with E-state index in [1.807, 2.05) is 54.9 Å². The largest absolute Gasteiger partial charge is 0.371 e. The SMILES string of the molecule is O=C1CCC(n2nnc3ccc(N4CCC5(CC4)CC(N4CCN(c6ccc(Nc7ncnc8c7ncn8C7CC(NC(=O)Cc8ccccc8)C7)cc6)CC4)C5)cc3c2=O)C(=O)N1. The summed E-state index contributed by atoms with van der Waals surface area (Å²) in [5.74, 6) is -0.128. The molecule has 6 heterocycles. The first-order valence-corrected chi connectivity index (χ1v) is 22.6. The van der Waals surface area contributed by atoms with E-state index in [0.717, 1.165) is 97.7 Å². The minimum Gasteiger partial charge on any atom is -0.371 e. The zero-order valence-corrected chi connectivity index (χ0v) is 35.6. The summed E-state index contributed by atoms with van der Waals surface area (Å²) in [7, 11) is 0. The van der Waals surface area contributed by atoms with Crippen LogP contribution in [0.2, 0.25) is 0 Å². The van der Waals surface area contributed by atoms with Gasteiger partial charge in [0.05, 0.1) is 18.1 Å². The van der Waals surface area contributed by atoms with Crippen molar-refractivity contribution in [3.8, 4) is 0 Å². The van der Waals surface area contributed by atoms with E-state index < -0.39 is 11.9 Å². The normalized spacial score (nSPS) is 22.6. The Morgan fingerprint density at radius 2 is 1.56 bits per heavy atom. The van der Waals surface area contributed by atoms with Crippen molar-refractivity contribution in [2.24, 2.45) is 5.41 Å². The average molecular weight is 862 g/mol. The zero-order chi connectivity index (χ0) is 43.4. The summed E-state index contributed by atoms with van der Waals surface area (Å²) >= 11 is 0. The molecule has 0 radical (unpaired) electrons. The van der Waals surface area contributed by atoms with Gasteiger partial charge in [0, 0.05) is 80.9 Å². The van der Waals surface area contributed by atoms with E-state index in [0.29, 0.717) is 34.6 Å². The van der Waals surface area contributed by atoms with Crippen LogP contribution < -0.4 is 31.3 Å². The number of piperidine rings is 2. The summed E-state index contributed by atoms with van der Waals surface area (Å²) < 4.78 is 3.23. The molecule has 1 spiro atoms. The molecule has 3 amide bonds. The first-order chi connectivity index (χ1) is 31.2. The predicted molar refractivity (Wildman–Crippen MR) is 241 cm³/mol. The van der Waals surface area contributed by atoms with Gasteiger partial charge in [-0.05, 0) is 98.4 Å². The second-order valence-corrected chi connectivity index (χ2v) is 18.3. The minimum atomic E-state index is -0.839. The third-order valence-corrected chi connectivity index (χ3v) is 14.5. The number of benzene rings is 3. The topological polar surface area (TPSA) is 188 Å². The maximum Gasteiger partial charge on any atom is 0.278 e. The van der Waals surface area contributed by atoms with Crippen LogP contribution in [-0.4, -0.2) is 108 Å². The standard InChI is InChI=1S/C47H51N13O4/c61-40-13-12-39(45(63)53-40)60-46(64)37-25-34(10-11-38(37)54-55-60)56-16-14-47(15-17-56)26-36(27-47)58-20-18-57(19-21-58)33-8-6-31(7-9-33)52-43-42-44(49-28-48-43)59(29-50-42)35-23-32(24-35)51-41(62)22-30-4-2-1-3-5-30/h1-11,25,28-29,32,35-36,39H,12-24,26-27H2,(H,51,62)(H,48,49,52)(H,53,61,63). The Bertz CT molecular complexity index is 2780. The molecule has 3 saturated heterocycles. The van der Waals surface area contributed by atoms with Gasteiger partial charge in [-0.25, -0.2) is 15.0 Å². The van der Waals surface area contributed by atoms with Gasteiger partial charge >= 0.3 is 0 Å². The van der Waals surface area contributed by atoms with Gasteiger partial charge in [-0.15, -0.1) is 5.10 Å². The van der Waals surface area contributed by atoms with Gasteiger partial charge < -0.3 is 25.0 Å². The van der Waals surface area contributed by atoms with Crippen LogP contribution in [0.1, 0.15) is 69.0 Å². The molecular weight excluding hydrogens is 811 g/mol. The van der Waals surface area contributed by atoms with E-state index in [1.165, 1.54) is 18.5 Å². The first kappa shape index (κ1) is 40.1. The van der Waals surface area contributed by atoms with Crippen LogP contribution in [0.5, 0.6) is 0 Å². The highest BCUT2D eigenvalue weighted by Gasteiger charge is 2.48. The number of nitrogens with one attached hydrogen (secondary N) is 3. The van der Waals surface area contributed by atoms with Crippen molar-refractivity contribution in [1.29, 1.82) is 0 Å². The molecule has 5 fully saturated rings. The molecule has 3 aromatic carbocycles. The van der Waals surface area contributed by atoms with Crippen LogP contribution in [0.25, 0.3) is 22.1 Å². The van der Waals surface area contributed by atoms with Crippen LogP contribution in [0.4, 0.5) is 22.9 Å². The molecule has 3 aliphatic heterocycles. The van der Waals surface area contributed by atoms with Crippen LogP contribution in [0.3, 0.4) is 0 Å². The summed E-state index contributed by atoms with van der Waals surface area (Å²) in [6.07, 6.45) is 10.6. The third kappa shape index (κ3) is 7.71. The second-order valence-electron chi connectivity index (χ2n) is 18.3. The maximum atomic E-state index is 13.5. The number of fused-ring (bicyclic) bond motifs is 2. The van der Waals surface area contributed by atoms with Crippen molar-refractivity contribution >= 4 is 62.7 Å². The minimum absolute atomic E-state index is 0.0504. The molecule has 2 saturated carbocycles. The summed E-state index contributed by atoms with van der Waals surface area (Å²) in [6.45, 7) is 5.94. The second kappa shape index (κ2) is 16.4. The molecule has 17 nitrogen and oxygen atoms in total. The number of hydrogen-bond acceptors (Lipinski definition) is 13. The lowest BCUT2D eigenvalue weighted by atomic mass is 9.60. The van der Waals surface area contributed by atoms with Gasteiger partial charge in [-0.2, -0.15) is 4.68 Å². The van der Waals surface area contributed by atoms with Crippen LogP contribution >= 0.6 is 0 Å². The highest BCUT2D eigenvalue weighted by atomic mass is 16.2. The fourth-order valence-corrected chi connectivity index (χ4v) is 10.6. The van der Waals surface area contributed by atoms with Gasteiger partial charge in [-0.1, -0.05) is 35.5 Å². The molecule has 17 heteroatoms. The van der Waals surface area contributed by atoms with Gasteiger partial charge in [0.1, 0.15) is 17.9 Å². The van der Waals surface area contributed by atoms with Crippen molar-refractivity contribution < 1.29 is 14.4 Å². The Labute approximate surface area is 369 Å². The number of imide groups is 1. The number of carbonyl (C=O) groups excluding carboxylic acids is 3. The predicted octanol–water partition coefficient (Wildman–Crippen LogP) is 4.29. The Balaban J connectivity index is 0.642. The molecular formula is C47H51N13O4. The van der Waals surface area contributed by atoms with E-state index in [2.05, 4.69) is 79.8 Å². The lowest BCUT2D eigenvalue weighted by Crippen LogP contribution is -2.59. The number of anilines is 4. The third-order valence-electron chi connectivity index (χ3n) is 14.5. The van der Waals surface area contributed by atoms with E-state index >= 15 is 0 Å². The molecule has 6 aromatic rings. The monoisotopic (exact) mass is 861 g/mol. The van der Waals surface area contributed by atoms with E-state index in [1.54, 1.807) is 6.33 Å². The number of aromatic nitrogens is 7. The van der Waals surface area contributed by atoms with E-state index in [-0.39, 0.29) is 42.3 Å². The molecule has 1 unspecified atom stereocenters. The fourth-order valence-electron chi connectivity index (χ4n) is 10.6. The van der Waals surface area contributed by atoms with Crippen molar-refractivity contribution in [3.05, 3.63) is 101 Å². The lowest BCUT2D eigenvalue weighted by Gasteiger charge is -2.56. The molecule has 1 atom stereocenters. The van der Waals surface area contributed by atoms with Crippen LogP contribution in [0, 0.1) is 5.41 Å². The lowest BCUT2D eigenvalue weighted by molar-refractivity contribution is -0.136. The molecule has 328 valence electrons. The highest BCUT2D eigenvalue weighted by molar-refractivity contribution is 5.99. The van der Waals surface area contributed by atoms with Gasteiger partial charge in [-0.3, -0.25) is 29.4 Å². The van der Waals surface area contributed by atoms with Gasteiger partial charge in [0.15, 0.2) is 17.0 Å². The summed E-state index contributed by atoms with van der Waals surface area (Å²) in [4.78, 5) is 71.5. The summed E-state index contributed by atoms with van der Waals surface area (Å²) in [5.41, 5.74) is 6.17. The summed E-state index contributed by atoms with van der Waals surface area (Å²) in [5, 5.41) is 17.7. The Morgan fingerprint density at radius 1 is 0.812 bits per heavy atom. The Hall–Kier alpha value is -6.75. The number of imidazole rings is 1. The fraction of sp³-hybridized carbons (Fsp3) is 0.426. The van der Waals surface area contributed by atoms with Crippen LogP contribution in [-0.2, 0) is 20.8 Å². The summed E-state index contributed by atoms with van der Waals surface area (Å²) in [6, 6.07) is 24.3. The van der Waals surface area contributed by atoms with Crippen LogP contribution in [0.15, 0.2) is 90.2 Å². The number of piperazine rings is 1. The first-order valence-electron chi connectivity index (χ1n) is 22.6. The molecule has 2 aliphatic carbocycles. The molecule has 0 bridgehead atoms. The van der Waals surface area contributed by atoms with E-state index in [9.17, 15) is 19.2 Å². The van der Waals surface area contributed by atoms with Gasteiger partial charge in [0.25, 0.3) is 11.5 Å². The number of carbonyl (C=O) groups is 3. The number of rotatable bonds is 10. The van der Waals surface area contributed by atoms with Crippen molar-refractivity contribution in [2.75, 3.05) is 54.4 Å². The smallest absolute Gasteiger partial charge is 0.278 e. The maximum absolute atomic E-state index is 13.5. The number of amides is 3. The molecule has 64 heavy (non-hydrogen) atoms. The Kier molecular flexibility index (Phi) is 10.3. The van der Waals surface area contributed by atoms with Gasteiger partial charge in [0.2, 0.25) is 11.8 Å². The number of nitrogens with zero attached hydrogens (tertiary/aromatic N) is 10. The van der Waals surface area contributed by atoms with Crippen molar-refractivity contribution in [3.63, 3.8) is 0 Å². The van der Waals surface area contributed by atoms with Crippen molar-refractivity contribution in [1.82, 2.24) is 50.0 Å². The quantitative estimate of drug-likeness (QED) is 0.166. The molecule has 11 rings (SSSR count). The van der Waals surface area contributed by atoms with Crippen molar-refractivity contribution in [2.45, 2.75) is 82.0 Å². The molecule has 5 aliphatic rings. The molecule has 3 N–H and O–H groups in total. The Morgan fingerprint density at radius 3 is 2.33 bits per heavy atom. The zero-order valence-electron chi connectivity index (χ0n) is 35.6. The van der Waals surface area contributed by atoms with E-state index in [4.69, 9.17) is 4.98 Å². The average Bonchev–Trinajstić information content (AvgIpc) is 3.72. The highest BCUT2D eigenvalue weighted by Crippen LogP contribution is 2.51. The molecule has 3 aromatic heterocycles. The number of hydrogen-bond donors (Lipinski definition) is 3.